The van der Waals surface area contributed by atoms with Gasteiger partial charge in [-0.15, -0.1) is 0 Å². The minimum Gasteiger partial charge on any atom is -0.359 e. The highest BCUT2D eigenvalue weighted by molar-refractivity contribution is 5.90. The van der Waals surface area contributed by atoms with Crippen molar-refractivity contribution in [1.82, 2.24) is 10.3 Å². The molecule has 88 valence electrons. The summed E-state index contributed by atoms with van der Waals surface area (Å²) in [6, 6.07) is 8.30. The van der Waals surface area contributed by atoms with Crippen LogP contribution in [0, 0.1) is 0 Å². The zero-order valence-corrected chi connectivity index (χ0v) is 9.92. The molecule has 1 heterocycles. The van der Waals surface area contributed by atoms with Crippen LogP contribution in [-0.2, 0) is 11.2 Å². The van der Waals surface area contributed by atoms with E-state index in [2.05, 4.69) is 28.5 Å². The van der Waals surface area contributed by atoms with Gasteiger partial charge in [0, 0.05) is 23.6 Å². The molecular formula is C14H16N2O. The largest absolute Gasteiger partial charge is 0.359 e. The fourth-order valence-corrected chi connectivity index (χ4v) is 2.85. The number of amides is 1. The van der Waals surface area contributed by atoms with E-state index in [1.54, 1.807) is 7.05 Å². The number of aryl methyl sites for hydroxylation is 1. The monoisotopic (exact) mass is 228 g/mol. The van der Waals surface area contributed by atoms with Gasteiger partial charge in [0.1, 0.15) is 0 Å². The Hall–Kier alpha value is -1.77. The van der Waals surface area contributed by atoms with Crippen molar-refractivity contribution >= 4 is 16.8 Å². The zero-order chi connectivity index (χ0) is 11.8. The van der Waals surface area contributed by atoms with Gasteiger partial charge in [-0.2, -0.15) is 0 Å². The number of carbonyl (C=O) groups is 1. The van der Waals surface area contributed by atoms with Crippen molar-refractivity contribution in [3.05, 3.63) is 35.5 Å². The van der Waals surface area contributed by atoms with Gasteiger partial charge in [0.15, 0.2) is 0 Å². The lowest BCUT2D eigenvalue weighted by atomic mass is 9.86. The molecule has 17 heavy (non-hydrogen) atoms. The van der Waals surface area contributed by atoms with Crippen LogP contribution in [0.2, 0.25) is 0 Å². The third kappa shape index (κ3) is 1.54. The number of hydrogen-bond acceptors (Lipinski definition) is 1. The van der Waals surface area contributed by atoms with Gasteiger partial charge in [0.25, 0.3) is 0 Å². The van der Waals surface area contributed by atoms with E-state index in [0.29, 0.717) is 0 Å². The minimum absolute atomic E-state index is 0.00356. The van der Waals surface area contributed by atoms with Crippen molar-refractivity contribution in [1.29, 1.82) is 0 Å². The van der Waals surface area contributed by atoms with Crippen LogP contribution >= 0.6 is 0 Å². The second-order valence-corrected chi connectivity index (χ2v) is 4.62. The molecule has 3 heteroatoms. The molecule has 0 saturated heterocycles. The number of fused-ring (bicyclic) bond motifs is 3. The molecule has 2 aromatic rings. The quantitative estimate of drug-likeness (QED) is 0.773. The van der Waals surface area contributed by atoms with Crippen molar-refractivity contribution in [2.75, 3.05) is 7.05 Å². The van der Waals surface area contributed by atoms with Crippen LogP contribution in [0.25, 0.3) is 10.9 Å². The molecule has 3 rings (SSSR count). The Morgan fingerprint density at radius 3 is 3.06 bits per heavy atom. The number of carbonyl (C=O) groups excluding carboxylic acids is 1. The average Bonchev–Trinajstić information content (AvgIpc) is 2.76. The lowest BCUT2D eigenvalue weighted by molar-refractivity contribution is -0.122. The number of rotatable bonds is 1. The fraction of sp³-hybridized carbons (Fsp3) is 0.357. The second-order valence-electron chi connectivity index (χ2n) is 4.62. The molecule has 3 nitrogen and oxygen atoms in total. The van der Waals surface area contributed by atoms with Crippen molar-refractivity contribution in [3.63, 3.8) is 0 Å². The maximum absolute atomic E-state index is 11.9. The van der Waals surface area contributed by atoms with Crippen LogP contribution in [-0.4, -0.2) is 17.9 Å². The summed E-state index contributed by atoms with van der Waals surface area (Å²) in [6.07, 6.45) is 3.11. The molecule has 1 amide bonds. The zero-order valence-electron chi connectivity index (χ0n) is 9.92. The Morgan fingerprint density at radius 1 is 1.41 bits per heavy atom. The number of aromatic nitrogens is 1. The van der Waals surface area contributed by atoms with Crippen molar-refractivity contribution < 1.29 is 4.79 Å². The Balaban J connectivity index is 2.17. The molecule has 0 spiro atoms. The third-order valence-electron chi connectivity index (χ3n) is 3.68. The fourth-order valence-electron chi connectivity index (χ4n) is 2.85. The average molecular weight is 228 g/mol. The van der Waals surface area contributed by atoms with E-state index in [4.69, 9.17) is 0 Å². The molecule has 0 fully saturated rings. The van der Waals surface area contributed by atoms with E-state index in [1.165, 1.54) is 10.9 Å². The van der Waals surface area contributed by atoms with Crippen LogP contribution < -0.4 is 5.32 Å². The van der Waals surface area contributed by atoms with Crippen LogP contribution in [0.1, 0.15) is 30.0 Å². The number of benzene rings is 1. The molecule has 2 N–H and O–H groups in total. The Bertz CT molecular complexity index is 571. The van der Waals surface area contributed by atoms with Crippen LogP contribution in [0.5, 0.6) is 0 Å². The molecule has 0 aliphatic heterocycles. The number of hydrogen-bond donors (Lipinski definition) is 2. The van der Waals surface area contributed by atoms with Gasteiger partial charge in [0.2, 0.25) is 5.91 Å². The first kappa shape index (κ1) is 10.4. The van der Waals surface area contributed by atoms with Crippen molar-refractivity contribution in [3.8, 4) is 0 Å². The Labute approximate surface area is 100 Å². The van der Waals surface area contributed by atoms with E-state index < -0.39 is 0 Å². The summed E-state index contributed by atoms with van der Waals surface area (Å²) in [5, 5.41) is 4.04. The van der Waals surface area contributed by atoms with Crippen LogP contribution in [0.15, 0.2) is 24.3 Å². The Kier molecular flexibility index (Phi) is 2.39. The van der Waals surface area contributed by atoms with Gasteiger partial charge in [0.05, 0.1) is 5.92 Å². The predicted molar refractivity (Wildman–Crippen MR) is 68.0 cm³/mol. The summed E-state index contributed by atoms with van der Waals surface area (Å²) in [5.41, 5.74) is 3.60. The SMILES string of the molecule is CNC(=O)C1CCCc2c1[nH]c1ccccc21. The minimum atomic E-state index is -0.00356. The lowest BCUT2D eigenvalue weighted by Gasteiger charge is -2.21. The number of para-hydroxylation sites is 1. The van der Waals surface area contributed by atoms with Gasteiger partial charge in [-0.1, -0.05) is 18.2 Å². The number of H-pyrrole nitrogens is 1. The standard InChI is InChI=1S/C14H16N2O/c1-15-14(17)11-7-4-6-10-9-5-2-3-8-12(9)16-13(10)11/h2-3,5,8,11,16H,4,6-7H2,1H3,(H,15,17). The van der Waals surface area contributed by atoms with Gasteiger partial charge < -0.3 is 10.3 Å². The predicted octanol–water partition coefficient (Wildman–Crippen LogP) is 2.33. The van der Waals surface area contributed by atoms with E-state index in [0.717, 1.165) is 30.5 Å². The molecule has 0 saturated carbocycles. The van der Waals surface area contributed by atoms with Gasteiger partial charge in [-0.05, 0) is 30.9 Å². The molecule has 1 unspecified atom stereocenters. The van der Waals surface area contributed by atoms with E-state index in [9.17, 15) is 4.79 Å². The molecule has 1 atom stereocenters. The summed E-state index contributed by atoms with van der Waals surface area (Å²) in [5.74, 6) is 0.119. The smallest absolute Gasteiger partial charge is 0.228 e. The Morgan fingerprint density at radius 2 is 2.24 bits per heavy atom. The summed E-state index contributed by atoms with van der Waals surface area (Å²) in [6.45, 7) is 0. The summed E-state index contributed by atoms with van der Waals surface area (Å²) < 4.78 is 0. The molecule has 0 radical (unpaired) electrons. The van der Waals surface area contributed by atoms with Crippen molar-refractivity contribution in [2.45, 2.75) is 25.2 Å². The number of nitrogens with one attached hydrogen (secondary N) is 2. The van der Waals surface area contributed by atoms with Gasteiger partial charge in [-0.25, -0.2) is 0 Å². The van der Waals surface area contributed by atoms with Gasteiger partial charge >= 0.3 is 0 Å². The van der Waals surface area contributed by atoms with E-state index >= 15 is 0 Å². The van der Waals surface area contributed by atoms with Crippen LogP contribution in [0.3, 0.4) is 0 Å². The molecule has 1 aromatic heterocycles. The second kappa shape index (κ2) is 3.91. The third-order valence-corrected chi connectivity index (χ3v) is 3.68. The molecular weight excluding hydrogens is 212 g/mol. The first-order chi connectivity index (χ1) is 8.31. The first-order valence-electron chi connectivity index (χ1n) is 6.12. The highest BCUT2D eigenvalue weighted by atomic mass is 16.1. The summed E-state index contributed by atoms with van der Waals surface area (Å²) in [7, 11) is 1.71. The maximum Gasteiger partial charge on any atom is 0.228 e. The molecule has 1 aromatic carbocycles. The molecule has 0 bridgehead atoms. The molecule has 1 aliphatic carbocycles. The highest BCUT2D eigenvalue weighted by Crippen LogP contribution is 2.35. The van der Waals surface area contributed by atoms with E-state index in [-0.39, 0.29) is 11.8 Å². The van der Waals surface area contributed by atoms with E-state index in [1.807, 2.05) is 6.07 Å². The van der Waals surface area contributed by atoms with Crippen LogP contribution in [0.4, 0.5) is 0 Å². The highest BCUT2D eigenvalue weighted by Gasteiger charge is 2.28. The summed E-state index contributed by atoms with van der Waals surface area (Å²) in [4.78, 5) is 15.3. The molecule has 1 aliphatic rings. The summed E-state index contributed by atoms with van der Waals surface area (Å²) >= 11 is 0. The maximum atomic E-state index is 11.9. The first-order valence-corrected chi connectivity index (χ1v) is 6.12. The lowest BCUT2D eigenvalue weighted by Crippen LogP contribution is -2.28. The topological polar surface area (TPSA) is 44.9 Å². The van der Waals surface area contributed by atoms with Crippen molar-refractivity contribution in [2.24, 2.45) is 0 Å². The number of likely N-dealkylation sites (N-methyl/N-ethyl adjacent to an activating group) is 1. The number of aromatic amines is 1. The van der Waals surface area contributed by atoms with Gasteiger partial charge in [-0.3, -0.25) is 4.79 Å². The normalized spacial score (nSPS) is 19.0.